The molecule has 5 heteroatoms. The number of hydrogen-bond acceptors (Lipinski definition) is 4. The van der Waals surface area contributed by atoms with Crippen LogP contribution in [0, 0.1) is 22.5 Å². The summed E-state index contributed by atoms with van der Waals surface area (Å²) in [7, 11) is 4.08. The minimum Gasteiger partial charge on any atom is -0.384 e. The van der Waals surface area contributed by atoms with Crippen molar-refractivity contribution in [2.24, 2.45) is 5.41 Å². The lowest BCUT2D eigenvalue weighted by atomic mass is 9.92. The summed E-state index contributed by atoms with van der Waals surface area (Å²) in [5.74, 6) is 0. The molecule has 0 unspecified atom stereocenters. The molecule has 0 fully saturated rings. The first kappa shape index (κ1) is 15.4. The second-order valence-corrected chi connectivity index (χ2v) is 6.01. The van der Waals surface area contributed by atoms with Gasteiger partial charge in [-0.3, -0.25) is 10.1 Å². The summed E-state index contributed by atoms with van der Waals surface area (Å²) in [5.41, 5.74) is 2.08. The number of nitrogens with one attached hydrogen (secondary N) is 1. The van der Waals surface area contributed by atoms with Crippen LogP contribution in [0.15, 0.2) is 18.2 Å². The Labute approximate surface area is 114 Å². The summed E-state index contributed by atoms with van der Waals surface area (Å²) in [6, 6.07) is 4.91. The standard InChI is InChI=1S/C14H23N3O2/c1-11-6-7-12(17(18)19)8-13(11)15-9-14(2,3)10-16(4)5/h6-8,15H,9-10H2,1-5H3. The average Bonchev–Trinajstić information content (AvgIpc) is 2.25. The summed E-state index contributed by atoms with van der Waals surface area (Å²) < 4.78 is 0. The molecular weight excluding hydrogens is 242 g/mol. The highest BCUT2D eigenvalue weighted by Gasteiger charge is 2.19. The van der Waals surface area contributed by atoms with Crippen LogP contribution < -0.4 is 5.32 Å². The van der Waals surface area contributed by atoms with Crippen LogP contribution >= 0.6 is 0 Å². The molecule has 5 nitrogen and oxygen atoms in total. The van der Waals surface area contributed by atoms with Crippen molar-refractivity contribution in [2.75, 3.05) is 32.5 Å². The zero-order valence-corrected chi connectivity index (χ0v) is 12.4. The molecule has 1 aromatic carbocycles. The first-order valence-corrected chi connectivity index (χ1v) is 6.35. The number of hydrogen-bond donors (Lipinski definition) is 1. The van der Waals surface area contributed by atoms with E-state index >= 15 is 0 Å². The maximum Gasteiger partial charge on any atom is 0.271 e. The van der Waals surface area contributed by atoms with Gasteiger partial charge in [0.25, 0.3) is 5.69 Å². The molecule has 0 amide bonds. The van der Waals surface area contributed by atoms with Crippen molar-refractivity contribution in [3.05, 3.63) is 33.9 Å². The number of non-ortho nitro benzene ring substituents is 1. The van der Waals surface area contributed by atoms with Crippen molar-refractivity contribution in [3.8, 4) is 0 Å². The highest BCUT2D eigenvalue weighted by Crippen LogP contribution is 2.24. The number of benzene rings is 1. The summed E-state index contributed by atoms with van der Waals surface area (Å²) in [4.78, 5) is 12.6. The van der Waals surface area contributed by atoms with E-state index in [9.17, 15) is 10.1 Å². The number of nitro benzene ring substituents is 1. The Morgan fingerprint density at radius 3 is 2.53 bits per heavy atom. The molecule has 0 atom stereocenters. The average molecular weight is 265 g/mol. The van der Waals surface area contributed by atoms with Crippen LogP contribution in [-0.4, -0.2) is 37.0 Å². The minimum atomic E-state index is -0.365. The second-order valence-electron chi connectivity index (χ2n) is 6.01. The Bertz CT molecular complexity index is 456. The van der Waals surface area contributed by atoms with Crippen molar-refractivity contribution < 1.29 is 4.92 Å². The van der Waals surface area contributed by atoms with Gasteiger partial charge in [0.1, 0.15) is 0 Å². The normalized spacial score (nSPS) is 11.7. The van der Waals surface area contributed by atoms with E-state index in [0.717, 1.165) is 24.3 Å². The summed E-state index contributed by atoms with van der Waals surface area (Å²) in [5, 5.41) is 14.1. The van der Waals surface area contributed by atoms with Crippen LogP contribution in [-0.2, 0) is 0 Å². The van der Waals surface area contributed by atoms with Crippen LogP contribution in [0.1, 0.15) is 19.4 Å². The maximum absolute atomic E-state index is 10.8. The van der Waals surface area contributed by atoms with Gasteiger partial charge >= 0.3 is 0 Å². The molecular formula is C14H23N3O2. The number of nitro groups is 1. The summed E-state index contributed by atoms with van der Waals surface area (Å²) in [6.45, 7) is 8.02. The van der Waals surface area contributed by atoms with Crippen LogP contribution in [0.25, 0.3) is 0 Å². The zero-order chi connectivity index (χ0) is 14.6. The lowest BCUT2D eigenvalue weighted by Crippen LogP contribution is -2.34. The van der Waals surface area contributed by atoms with Crippen molar-refractivity contribution >= 4 is 11.4 Å². The van der Waals surface area contributed by atoms with Crippen LogP contribution in [0.3, 0.4) is 0 Å². The van der Waals surface area contributed by atoms with Gasteiger partial charge in [0.05, 0.1) is 4.92 Å². The summed E-state index contributed by atoms with van der Waals surface area (Å²) >= 11 is 0. The quantitative estimate of drug-likeness (QED) is 0.634. The Morgan fingerprint density at radius 2 is 2.00 bits per heavy atom. The maximum atomic E-state index is 10.8. The van der Waals surface area contributed by atoms with Crippen molar-refractivity contribution in [2.45, 2.75) is 20.8 Å². The molecule has 1 aromatic rings. The first-order valence-electron chi connectivity index (χ1n) is 6.35. The fraction of sp³-hybridized carbons (Fsp3) is 0.571. The van der Waals surface area contributed by atoms with Gasteiger partial charge < -0.3 is 10.2 Å². The predicted octanol–water partition coefficient (Wildman–Crippen LogP) is 2.90. The van der Waals surface area contributed by atoms with Gasteiger partial charge in [0.15, 0.2) is 0 Å². The Hall–Kier alpha value is -1.62. The topological polar surface area (TPSA) is 58.4 Å². The van der Waals surface area contributed by atoms with Crippen LogP contribution in [0.4, 0.5) is 11.4 Å². The van der Waals surface area contributed by atoms with E-state index in [1.807, 2.05) is 21.0 Å². The third kappa shape index (κ3) is 4.87. The molecule has 0 aromatic heterocycles. The zero-order valence-electron chi connectivity index (χ0n) is 12.4. The van der Waals surface area contributed by atoms with Gasteiger partial charge in [0, 0.05) is 30.9 Å². The molecule has 0 aliphatic rings. The third-order valence-electron chi connectivity index (χ3n) is 2.93. The predicted molar refractivity (Wildman–Crippen MR) is 78.7 cm³/mol. The number of nitrogens with zero attached hydrogens (tertiary/aromatic N) is 2. The Morgan fingerprint density at radius 1 is 1.37 bits per heavy atom. The van der Waals surface area contributed by atoms with E-state index in [2.05, 4.69) is 24.1 Å². The van der Waals surface area contributed by atoms with E-state index in [0.29, 0.717) is 0 Å². The Kier molecular flexibility index (Phi) is 4.89. The third-order valence-corrected chi connectivity index (χ3v) is 2.93. The SMILES string of the molecule is Cc1ccc([N+](=O)[O-])cc1NCC(C)(C)CN(C)C. The Balaban J connectivity index is 2.77. The van der Waals surface area contributed by atoms with Crippen LogP contribution in [0.5, 0.6) is 0 Å². The van der Waals surface area contributed by atoms with Crippen LogP contribution in [0.2, 0.25) is 0 Å². The molecule has 0 bridgehead atoms. The molecule has 1 rings (SSSR count). The van der Waals surface area contributed by atoms with Crippen molar-refractivity contribution in [1.29, 1.82) is 0 Å². The molecule has 1 N–H and O–H groups in total. The van der Waals surface area contributed by atoms with Gasteiger partial charge in [-0.05, 0) is 32.0 Å². The van der Waals surface area contributed by atoms with Gasteiger partial charge in [0.2, 0.25) is 0 Å². The monoisotopic (exact) mass is 265 g/mol. The molecule has 0 radical (unpaired) electrons. The van der Waals surface area contributed by atoms with Crippen molar-refractivity contribution in [3.63, 3.8) is 0 Å². The minimum absolute atomic E-state index is 0.0978. The summed E-state index contributed by atoms with van der Waals surface area (Å²) in [6.07, 6.45) is 0. The molecule has 19 heavy (non-hydrogen) atoms. The second kappa shape index (κ2) is 6.02. The van der Waals surface area contributed by atoms with E-state index in [4.69, 9.17) is 0 Å². The number of aryl methyl sites for hydroxylation is 1. The smallest absolute Gasteiger partial charge is 0.271 e. The van der Waals surface area contributed by atoms with E-state index in [-0.39, 0.29) is 16.0 Å². The van der Waals surface area contributed by atoms with Gasteiger partial charge in [-0.1, -0.05) is 19.9 Å². The highest BCUT2D eigenvalue weighted by atomic mass is 16.6. The number of anilines is 1. The molecule has 0 saturated heterocycles. The molecule has 0 saturated carbocycles. The number of rotatable bonds is 6. The first-order chi connectivity index (χ1) is 8.71. The van der Waals surface area contributed by atoms with E-state index in [1.165, 1.54) is 6.07 Å². The largest absolute Gasteiger partial charge is 0.384 e. The molecule has 0 spiro atoms. The van der Waals surface area contributed by atoms with Gasteiger partial charge in [-0.25, -0.2) is 0 Å². The molecule has 106 valence electrons. The van der Waals surface area contributed by atoms with Gasteiger partial charge in [-0.15, -0.1) is 0 Å². The van der Waals surface area contributed by atoms with E-state index in [1.54, 1.807) is 12.1 Å². The molecule has 0 aliphatic carbocycles. The lowest BCUT2D eigenvalue weighted by molar-refractivity contribution is -0.384. The fourth-order valence-corrected chi connectivity index (χ4v) is 2.16. The highest BCUT2D eigenvalue weighted by molar-refractivity contribution is 5.56. The molecule has 0 aliphatic heterocycles. The molecule has 0 heterocycles. The van der Waals surface area contributed by atoms with Crippen molar-refractivity contribution in [1.82, 2.24) is 4.90 Å². The lowest BCUT2D eigenvalue weighted by Gasteiger charge is -2.29. The fourth-order valence-electron chi connectivity index (χ4n) is 2.16. The van der Waals surface area contributed by atoms with E-state index < -0.39 is 0 Å². The van der Waals surface area contributed by atoms with Gasteiger partial charge in [-0.2, -0.15) is 0 Å².